The normalized spacial score (nSPS) is 14.3. The molecule has 1 aliphatic rings. The molecule has 0 spiro atoms. The number of amides is 1. The fraction of sp³-hybridized carbons (Fsp3) is 0.348. The second-order valence-electron chi connectivity index (χ2n) is 7.14. The van der Waals surface area contributed by atoms with Crippen LogP contribution < -0.4 is 9.64 Å². The number of hydrogen-bond acceptors (Lipinski definition) is 3. The van der Waals surface area contributed by atoms with Crippen molar-refractivity contribution in [3.05, 3.63) is 65.5 Å². The van der Waals surface area contributed by atoms with Crippen molar-refractivity contribution in [2.75, 3.05) is 32.1 Å². The Hall–Kier alpha value is -2.82. The Bertz CT molecular complexity index is 827. The largest absolute Gasteiger partial charge is 0.494 e. The van der Waals surface area contributed by atoms with Crippen LogP contribution in [-0.4, -0.2) is 38.1 Å². The summed E-state index contributed by atoms with van der Waals surface area (Å²) in [5.74, 6) is -0.385. The molecule has 1 saturated heterocycles. The Kier molecular flexibility index (Phi) is 6.69. The van der Waals surface area contributed by atoms with E-state index in [9.17, 15) is 9.18 Å². The van der Waals surface area contributed by atoms with Gasteiger partial charge in [-0.15, -0.1) is 0 Å². The minimum Gasteiger partial charge on any atom is -0.494 e. The zero-order chi connectivity index (χ0) is 19.9. The summed E-state index contributed by atoms with van der Waals surface area (Å²) in [6, 6.07) is 13.0. The molecule has 1 amide bonds. The van der Waals surface area contributed by atoms with E-state index in [1.54, 1.807) is 30.2 Å². The van der Waals surface area contributed by atoms with E-state index < -0.39 is 5.82 Å². The van der Waals surface area contributed by atoms with Crippen LogP contribution in [0.15, 0.2) is 48.5 Å². The minimum atomic E-state index is -0.445. The third-order valence-corrected chi connectivity index (χ3v) is 5.05. The van der Waals surface area contributed by atoms with Crippen LogP contribution in [0.1, 0.15) is 30.4 Å². The summed E-state index contributed by atoms with van der Waals surface area (Å²) < 4.78 is 18.6. The number of carbonyl (C=O) groups excluding carboxylic acids is 1. The van der Waals surface area contributed by atoms with Crippen LogP contribution in [0.4, 0.5) is 10.1 Å². The first-order chi connectivity index (χ1) is 13.6. The highest BCUT2D eigenvalue weighted by molar-refractivity contribution is 5.91. The van der Waals surface area contributed by atoms with Gasteiger partial charge in [-0.3, -0.25) is 4.79 Å². The Morgan fingerprint density at radius 1 is 1.14 bits per heavy atom. The molecule has 0 aromatic heterocycles. The molecule has 0 saturated carbocycles. The lowest BCUT2D eigenvalue weighted by atomic mass is 10.1. The van der Waals surface area contributed by atoms with Gasteiger partial charge in [0.05, 0.1) is 7.11 Å². The summed E-state index contributed by atoms with van der Waals surface area (Å²) in [5.41, 5.74) is 2.95. The van der Waals surface area contributed by atoms with Gasteiger partial charge in [0.15, 0.2) is 11.6 Å². The molecule has 1 heterocycles. The second-order valence-corrected chi connectivity index (χ2v) is 7.14. The summed E-state index contributed by atoms with van der Waals surface area (Å²) in [4.78, 5) is 16.4. The number of ether oxygens (including phenoxy) is 1. The highest BCUT2D eigenvalue weighted by atomic mass is 19.1. The average Bonchev–Trinajstić information content (AvgIpc) is 2.73. The van der Waals surface area contributed by atoms with Crippen molar-refractivity contribution in [2.24, 2.45) is 0 Å². The number of likely N-dealkylation sites (N-methyl/N-ethyl adjacent to an activating group) is 1. The number of carbonyl (C=O) groups is 1. The highest BCUT2D eigenvalue weighted by Gasteiger charge is 2.11. The van der Waals surface area contributed by atoms with E-state index in [0.717, 1.165) is 18.7 Å². The fourth-order valence-electron chi connectivity index (χ4n) is 3.40. The molecule has 1 fully saturated rings. The third-order valence-electron chi connectivity index (χ3n) is 5.05. The number of halogens is 1. The summed E-state index contributed by atoms with van der Waals surface area (Å²) in [6.45, 7) is 2.77. The van der Waals surface area contributed by atoms with E-state index in [-0.39, 0.29) is 11.7 Å². The van der Waals surface area contributed by atoms with Gasteiger partial charge >= 0.3 is 0 Å². The summed E-state index contributed by atoms with van der Waals surface area (Å²) in [5, 5.41) is 0. The molecular weight excluding hydrogens is 355 g/mol. The molecule has 0 bridgehead atoms. The predicted octanol–water partition coefficient (Wildman–Crippen LogP) is 4.50. The van der Waals surface area contributed by atoms with Gasteiger partial charge in [0.25, 0.3) is 0 Å². The van der Waals surface area contributed by atoms with Gasteiger partial charge in [0, 0.05) is 38.4 Å². The molecular formula is C23H27FN2O2. The van der Waals surface area contributed by atoms with Crippen LogP contribution >= 0.6 is 0 Å². The number of methoxy groups -OCH3 is 1. The van der Waals surface area contributed by atoms with Gasteiger partial charge < -0.3 is 14.5 Å². The number of anilines is 1. The molecule has 0 aliphatic carbocycles. The highest BCUT2D eigenvalue weighted by Crippen LogP contribution is 2.21. The molecule has 0 N–H and O–H groups in total. The Labute approximate surface area is 166 Å². The van der Waals surface area contributed by atoms with E-state index in [1.165, 1.54) is 44.2 Å². The van der Waals surface area contributed by atoms with Crippen molar-refractivity contribution in [1.29, 1.82) is 0 Å². The Morgan fingerprint density at radius 2 is 1.86 bits per heavy atom. The average molecular weight is 382 g/mol. The van der Waals surface area contributed by atoms with Gasteiger partial charge in [-0.05, 0) is 60.7 Å². The first kappa shape index (κ1) is 19.9. The maximum absolute atomic E-state index is 13.7. The lowest BCUT2D eigenvalue weighted by molar-refractivity contribution is -0.125. The lowest BCUT2D eigenvalue weighted by Gasteiger charge is -2.29. The standard InChI is InChI=1S/C23H27FN2O2/c1-25(23(27)13-9-18-8-12-22(28-2)21(24)16-18)17-19-6-10-20(11-7-19)26-14-4-3-5-15-26/h6-13,16H,3-5,14-15,17H2,1-2H3/b13-9+. The number of nitrogens with zero attached hydrogens (tertiary/aromatic N) is 2. The molecule has 0 unspecified atom stereocenters. The molecule has 4 nitrogen and oxygen atoms in total. The maximum Gasteiger partial charge on any atom is 0.246 e. The Balaban J connectivity index is 1.56. The van der Waals surface area contributed by atoms with Crippen LogP contribution in [0, 0.1) is 5.82 Å². The van der Waals surface area contributed by atoms with Gasteiger partial charge in [-0.2, -0.15) is 0 Å². The lowest BCUT2D eigenvalue weighted by Crippen LogP contribution is -2.29. The van der Waals surface area contributed by atoms with E-state index in [2.05, 4.69) is 29.2 Å². The van der Waals surface area contributed by atoms with Crippen LogP contribution in [0.5, 0.6) is 5.75 Å². The Morgan fingerprint density at radius 3 is 2.50 bits per heavy atom. The first-order valence-electron chi connectivity index (χ1n) is 9.67. The molecule has 5 heteroatoms. The zero-order valence-corrected chi connectivity index (χ0v) is 16.5. The topological polar surface area (TPSA) is 32.8 Å². The first-order valence-corrected chi connectivity index (χ1v) is 9.67. The minimum absolute atomic E-state index is 0.128. The summed E-state index contributed by atoms with van der Waals surface area (Å²) in [7, 11) is 3.19. The smallest absolute Gasteiger partial charge is 0.246 e. The van der Waals surface area contributed by atoms with E-state index >= 15 is 0 Å². The van der Waals surface area contributed by atoms with Gasteiger partial charge in [-0.25, -0.2) is 4.39 Å². The molecule has 148 valence electrons. The van der Waals surface area contributed by atoms with Gasteiger partial charge in [0.2, 0.25) is 5.91 Å². The van der Waals surface area contributed by atoms with Crippen LogP contribution in [0.2, 0.25) is 0 Å². The summed E-state index contributed by atoms with van der Waals surface area (Å²) in [6.07, 6.45) is 6.90. The molecule has 2 aromatic carbocycles. The number of benzene rings is 2. The molecule has 0 atom stereocenters. The molecule has 1 aliphatic heterocycles. The third kappa shape index (κ3) is 5.12. The number of piperidine rings is 1. The van der Waals surface area contributed by atoms with Crippen molar-refractivity contribution in [1.82, 2.24) is 4.90 Å². The van der Waals surface area contributed by atoms with Crippen LogP contribution in [0.25, 0.3) is 6.08 Å². The van der Waals surface area contributed by atoms with E-state index in [0.29, 0.717) is 12.1 Å². The number of hydrogen-bond donors (Lipinski definition) is 0. The van der Waals surface area contributed by atoms with Crippen molar-refractivity contribution in [2.45, 2.75) is 25.8 Å². The zero-order valence-electron chi connectivity index (χ0n) is 16.5. The van der Waals surface area contributed by atoms with Gasteiger partial charge in [0.1, 0.15) is 0 Å². The van der Waals surface area contributed by atoms with Crippen LogP contribution in [-0.2, 0) is 11.3 Å². The van der Waals surface area contributed by atoms with Crippen molar-refractivity contribution in [3.8, 4) is 5.75 Å². The fourth-order valence-corrected chi connectivity index (χ4v) is 3.40. The number of rotatable bonds is 6. The van der Waals surface area contributed by atoms with Crippen molar-refractivity contribution in [3.63, 3.8) is 0 Å². The molecule has 2 aromatic rings. The van der Waals surface area contributed by atoms with Crippen molar-refractivity contribution >= 4 is 17.7 Å². The maximum atomic E-state index is 13.7. The van der Waals surface area contributed by atoms with Crippen molar-refractivity contribution < 1.29 is 13.9 Å². The molecule has 28 heavy (non-hydrogen) atoms. The van der Waals surface area contributed by atoms with E-state index in [1.807, 2.05) is 0 Å². The van der Waals surface area contributed by atoms with E-state index in [4.69, 9.17) is 4.74 Å². The van der Waals surface area contributed by atoms with Crippen LogP contribution in [0.3, 0.4) is 0 Å². The SMILES string of the molecule is COc1ccc(/C=C/C(=O)N(C)Cc2ccc(N3CCCCC3)cc2)cc1F. The molecule has 3 rings (SSSR count). The van der Waals surface area contributed by atoms with Gasteiger partial charge in [-0.1, -0.05) is 18.2 Å². The quantitative estimate of drug-likeness (QED) is 0.690. The summed E-state index contributed by atoms with van der Waals surface area (Å²) >= 11 is 0. The predicted molar refractivity (Wildman–Crippen MR) is 111 cm³/mol. The second kappa shape index (κ2) is 9.40. The monoisotopic (exact) mass is 382 g/mol. The molecule has 0 radical (unpaired) electrons.